The molecule has 0 spiro atoms. The van der Waals surface area contributed by atoms with E-state index in [1.165, 1.54) is 0 Å². The van der Waals surface area contributed by atoms with Crippen molar-refractivity contribution in [2.75, 3.05) is 0 Å². The molecule has 3 nitrogen and oxygen atoms in total. The lowest BCUT2D eigenvalue weighted by Gasteiger charge is -2.20. The molecule has 0 aliphatic heterocycles. The van der Waals surface area contributed by atoms with Gasteiger partial charge in [-0.15, -0.1) is 0 Å². The van der Waals surface area contributed by atoms with E-state index in [9.17, 15) is 0 Å². The van der Waals surface area contributed by atoms with Crippen LogP contribution in [0.2, 0.25) is 0 Å². The van der Waals surface area contributed by atoms with Gasteiger partial charge in [0.2, 0.25) is 0 Å². The molecule has 0 bridgehead atoms. The van der Waals surface area contributed by atoms with Crippen LogP contribution in [0.1, 0.15) is 27.2 Å². The minimum Gasteiger partial charge on any atom is -0.411 e. The molecule has 0 saturated heterocycles. The monoisotopic (exact) mass is 130 g/mol. The molecule has 0 heterocycles. The predicted octanol–water partition coefficient (Wildman–Crippen LogP) is 0.964. The van der Waals surface area contributed by atoms with Crippen LogP contribution < -0.4 is 5.73 Å². The summed E-state index contributed by atoms with van der Waals surface area (Å²) in [4.78, 5) is 0. The van der Waals surface area contributed by atoms with Crippen molar-refractivity contribution in [3.63, 3.8) is 0 Å². The van der Waals surface area contributed by atoms with Crippen LogP contribution in [0.3, 0.4) is 0 Å². The highest BCUT2D eigenvalue weighted by Crippen LogP contribution is 2.06. The lowest BCUT2D eigenvalue weighted by molar-refractivity contribution is 0.312. The SMILES string of the molecule is CCC(C)(N)/C(C)=N/O. The van der Waals surface area contributed by atoms with Crippen LogP contribution in [0.4, 0.5) is 0 Å². The van der Waals surface area contributed by atoms with Gasteiger partial charge < -0.3 is 10.9 Å². The largest absolute Gasteiger partial charge is 0.411 e. The van der Waals surface area contributed by atoms with E-state index in [-0.39, 0.29) is 0 Å². The van der Waals surface area contributed by atoms with Gasteiger partial charge in [-0.1, -0.05) is 12.1 Å². The fraction of sp³-hybridized carbons (Fsp3) is 0.833. The van der Waals surface area contributed by atoms with Crippen LogP contribution >= 0.6 is 0 Å². The molecule has 1 unspecified atom stereocenters. The molecule has 3 N–H and O–H groups in total. The normalized spacial score (nSPS) is 19.3. The zero-order valence-corrected chi connectivity index (χ0v) is 6.18. The van der Waals surface area contributed by atoms with E-state index < -0.39 is 5.54 Å². The van der Waals surface area contributed by atoms with Crippen molar-refractivity contribution in [3.05, 3.63) is 0 Å². The first-order chi connectivity index (χ1) is 4.04. The number of hydrogen-bond acceptors (Lipinski definition) is 3. The maximum atomic E-state index is 8.31. The highest BCUT2D eigenvalue weighted by Gasteiger charge is 2.19. The molecule has 0 aliphatic carbocycles. The average molecular weight is 130 g/mol. The second-order valence-corrected chi connectivity index (χ2v) is 2.46. The highest BCUT2D eigenvalue weighted by atomic mass is 16.4. The van der Waals surface area contributed by atoms with Crippen LogP contribution in [-0.2, 0) is 0 Å². The molecular formula is C6H14N2O. The number of nitrogens with zero attached hydrogens (tertiary/aromatic N) is 1. The third-order valence-electron chi connectivity index (χ3n) is 1.71. The molecule has 0 aromatic carbocycles. The van der Waals surface area contributed by atoms with Crippen molar-refractivity contribution in [3.8, 4) is 0 Å². The van der Waals surface area contributed by atoms with Crippen LogP contribution in [0.25, 0.3) is 0 Å². The zero-order chi connectivity index (χ0) is 7.49. The molecule has 9 heavy (non-hydrogen) atoms. The molecule has 0 saturated carbocycles. The Morgan fingerprint density at radius 1 is 1.78 bits per heavy atom. The summed E-state index contributed by atoms with van der Waals surface area (Å²) in [5.74, 6) is 0. The second-order valence-electron chi connectivity index (χ2n) is 2.46. The molecule has 3 heteroatoms. The summed E-state index contributed by atoms with van der Waals surface area (Å²) >= 11 is 0. The lowest BCUT2D eigenvalue weighted by Crippen LogP contribution is -2.42. The Balaban J connectivity index is 4.14. The maximum absolute atomic E-state index is 8.31. The maximum Gasteiger partial charge on any atom is 0.0735 e. The summed E-state index contributed by atoms with van der Waals surface area (Å²) in [5.41, 5.74) is 5.80. The quantitative estimate of drug-likeness (QED) is 0.332. The van der Waals surface area contributed by atoms with Crippen molar-refractivity contribution in [1.29, 1.82) is 0 Å². The molecule has 0 amide bonds. The van der Waals surface area contributed by atoms with Crippen molar-refractivity contribution < 1.29 is 5.21 Å². The number of hydrogen-bond donors (Lipinski definition) is 2. The first-order valence-electron chi connectivity index (χ1n) is 3.02. The standard InChI is InChI=1S/C6H14N2O/c1-4-6(3,7)5(2)8-9/h9H,4,7H2,1-3H3/b8-5+. The van der Waals surface area contributed by atoms with E-state index in [2.05, 4.69) is 5.16 Å². The molecular weight excluding hydrogens is 116 g/mol. The zero-order valence-electron chi connectivity index (χ0n) is 6.18. The summed E-state index contributed by atoms with van der Waals surface area (Å²) in [6.45, 7) is 5.50. The van der Waals surface area contributed by atoms with Crippen LogP contribution in [0.5, 0.6) is 0 Å². The summed E-state index contributed by atoms with van der Waals surface area (Å²) in [6.07, 6.45) is 0.781. The molecule has 0 rings (SSSR count). The third-order valence-corrected chi connectivity index (χ3v) is 1.71. The second kappa shape index (κ2) is 2.82. The van der Waals surface area contributed by atoms with Gasteiger partial charge in [-0.3, -0.25) is 0 Å². The van der Waals surface area contributed by atoms with Gasteiger partial charge in [0.15, 0.2) is 0 Å². The van der Waals surface area contributed by atoms with E-state index in [1.54, 1.807) is 6.92 Å². The smallest absolute Gasteiger partial charge is 0.0735 e. The number of nitrogens with two attached hydrogens (primary N) is 1. The molecule has 0 radical (unpaired) electrons. The summed E-state index contributed by atoms with van der Waals surface area (Å²) in [7, 11) is 0. The molecule has 0 aromatic heterocycles. The average Bonchev–Trinajstić information content (AvgIpc) is 1.86. The molecule has 0 aliphatic rings. The van der Waals surface area contributed by atoms with E-state index in [1.807, 2.05) is 13.8 Å². The van der Waals surface area contributed by atoms with Gasteiger partial charge in [-0.25, -0.2) is 0 Å². The molecule has 54 valence electrons. The van der Waals surface area contributed by atoms with Gasteiger partial charge in [-0.05, 0) is 20.3 Å². The topological polar surface area (TPSA) is 58.6 Å². The Hall–Kier alpha value is -0.570. The van der Waals surface area contributed by atoms with Crippen LogP contribution in [0.15, 0.2) is 5.16 Å². The van der Waals surface area contributed by atoms with E-state index >= 15 is 0 Å². The Morgan fingerprint density at radius 3 is 2.33 bits per heavy atom. The number of oxime groups is 1. The minimum atomic E-state index is -0.450. The first kappa shape index (κ1) is 8.43. The van der Waals surface area contributed by atoms with Crippen molar-refractivity contribution in [2.45, 2.75) is 32.7 Å². The fourth-order valence-corrected chi connectivity index (χ4v) is 0.370. The molecule has 1 atom stereocenters. The summed E-state index contributed by atoms with van der Waals surface area (Å²) in [6, 6.07) is 0. The lowest BCUT2D eigenvalue weighted by atomic mass is 9.95. The fourth-order valence-electron chi connectivity index (χ4n) is 0.370. The van der Waals surface area contributed by atoms with Gasteiger partial charge in [0.05, 0.1) is 11.3 Å². The molecule has 0 fully saturated rings. The van der Waals surface area contributed by atoms with Gasteiger partial charge >= 0.3 is 0 Å². The van der Waals surface area contributed by atoms with E-state index in [0.29, 0.717) is 5.71 Å². The number of rotatable bonds is 2. The molecule has 0 aromatic rings. The highest BCUT2D eigenvalue weighted by molar-refractivity contribution is 5.90. The third kappa shape index (κ3) is 2.01. The van der Waals surface area contributed by atoms with Gasteiger partial charge in [0.25, 0.3) is 0 Å². The minimum absolute atomic E-state index is 0.450. The van der Waals surface area contributed by atoms with E-state index in [0.717, 1.165) is 6.42 Å². The van der Waals surface area contributed by atoms with Gasteiger partial charge in [-0.2, -0.15) is 0 Å². The van der Waals surface area contributed by atoms with Crippen molar-refractivity contribution in [2.24, 2.45) is 10.9 Å². The Bertz CT molecular complexity index is 118. The Kier molecular flexibility index (Phi) is 2.65. The van der Waals surface area contributed by atoms with Crippen LogP contribution in [0, 0.1) is 0 Å². The van der Waals surface area contributed by atoms with Crippen molar-refractivity contribution >= 4 is 5.71 Å². The summed E-state index contributed by atoms with van der Waals surface area (Å²) in [5, 5.41) is 11.3. The predicted molar refractivity (Wildman–Crippen MR) is 37.8 cm³/mol. The summed E-state index contributed by atoms with van der Waals surface area (Å²) < 4.78 is 0. The first-order valence-corrected chi connectivity index (χ1v) is 3.02. The van der Waals surface area contributed by atoms with E-state index in [4.69, 9.17) is 10.9 Å². The van der Waals surface area contributed by atoms with Gasteiger partial charge in [0.1, 0.15) is 0 Å². The Morgan fingerprint density at radius 2 is 2.22 bits per heavy atom. The van der Waals surface area contributed by atoms with Crippen LogP contribution in [-0.4, -0.2) is 16.5 Å². The van der Waals surface area contributed by atoms with Gasteiger partial charge in [0, 0.05) is 0 Å². The Labute approximate surface area is 55.5 Å². The van der Waals surface area contributed by atoms with Crippen molar-refractivity contribution in [1.82, 2.24) is 0 Å².